The third kappa shape index (κ3) is 3.27. The molecule has 1 aliphatic rings. The van der Waals surface area contributed by atoms with Gasteiger partial charge in [0.1, 0.15) is 0 Å². The largest absolute Gasteiger partial charge is 0.389 e. The minimum Gasteiger partial charge on any atom is -0.389 e. The van der Waals surface area contributed by atoms with Crippen molar-refractivity contribution in [2.45, 2.75) is 31.3 Å². The molecule has 0 radical (unpaired) electrons. The number of carbonyl (C=O) groups is 1. The van der Waals surface area contributed by atoms with E-state index >= 15 is 0 Å². The fraction of sp³-hybridized carbons (Fsp3) is 0.900. The highest BCUT2D eigenvalue weighted by atomic mass is 16.3. The zero-order valence-corrected chi connectivity index (χ0v) is 9.05. The summed E-state index contributed by atoms with van der Waals surface area (Å²) in [5, 5.41) is 12.8. The van der Waals surface area contributed by atoms with Gasteiger partial charge in [0.25, 0.3) is 0 Å². The molecule has 2 N–H and O–H groups in total. The van der Waals surface area contributed by atoms with Crippen LogP contribution in [0.5, 0.6) is 0 Å². The van der Waals surface area contributed by atoms with Gasteiger partial charge >= 0.3 is 0 Å². The Morgan fingerprint density at radius 3 is 2.57 bits per heavy atom. The van der Waals surface area contributed by atoms with E-state index in [4.69, 9.17) is 0 Å². The predicted octanol–water partition coefficient (Wildman–Crippen LogP) is -0.0307. The molecule has 1 rings (SSSR count). The summed E-state index contributed by atoms with van der Waals surface area (Å²) in [6.07, 6.45) is 3.40. The van der Waals surface area contributed by atoms with Crippen LogP contribution < -0.4 is 5.32 Å². The van der Waals surface area contributed by atoms with Crippen LogP contribution in [-0.2, 0) is 4.79 Å². The van der Waals surface area contributed by atoms with Crippen molar-refractivity contribution in [1.29, 1.82) is 0 Å². The lowest BCUT2D eigenvalue weighted by molar-refractivity contribution is -0.128. The molecule has 0 atom stereocenters. The first-order valence-corrected chi connectivity index (χ1v) is 5.17. The molecular formula is C10H20N2O2. The second kappa shape index (κ2) is 4.75. The fourth-order valence-corrected chi connectivity index (χ4v) is 1.50. The molecule has 1 saturated carbocycles. The summed E-state index contributed by atoms with van der Waals surface area (Å²) < 4.78 is 0. The molecule has 0 aromatic rings. The fourth-order valence-electron chi connectivity index (χ4n) is 1.50. The van der Waals surface area contributed by atoms with Crippen molar-refractivity contribution >= 4 is 5.91 Å². The Hall–Kier alpha value is -0.610. The van der Waals surface area contributed by atoms with E-state index in [0.717, 1.165) is 19.3 Å². The van der Waals surface area contributed by atoms with E-state index in [-0.39, 0.29) is 5.91 Å². The Morgan fingerprint density at radius 2 is 2.14 bits per heavy atom. The van der Waals surface area contributed by atoms with Crippen molar-refractivity contribution < 1.29 is 9.90 Å². The third-order valence-electron chi connectivity index (χ3n) is 2.75. The van der Waals surface area contributed by atoms with E-state index < -0.39 is 5.60 Å². The molecule has 82 valence electrons. The van der Waals surface area contributed by atoms with Gasteiger partial charge in [-0.05, 0) is 19.3 Å². The number of nitrogens with one attached hydrogen (secondary N) is 1. The standard InChI is InChI=1S/C10H20N2O2/c1-12(2)9(13)4-7-11-8-10(14)5-3-6-10/h11,14H,3-8H2,1-2H3. The van der Waals surface area contributed by atoms with Crippen LogP contribution in [-0.4, -0.2) is 48.7 Å². The van der Waals surface area contributed by atoms with Crippen molar-refractivity contribution in [3.05, 3.63) is 0 Å². The summed E-state index contributed by atoms with van der Waals surface area (Å²) >= 11 is 0. The van der Waals surface area contributed by atoms with Crippen molar-refractivity contribution in [3.63, 3.8) is 0 Å². The normalized spacial score (nSPS) is 18.8. The first kappa shape index (κ1) is 11.5. The molecule has 0 aromatic heterocycles. The van der Waals surface area contributed by atoms with Gasteiger partial charge in [-0.2, -0.15) is 0 Å². The van der Waals surface area contributed by atoms with Crippen LogP contribution in [0.25, 0.3) is 0 Å². The molecule has 0 spiro atoms. The minimum absolute atomic E-state index is 0.123. The van der Waals surface area contributed by atoms with Gasteiger partial charge in [-0.25, -0.2) is 0 Å². The highest BCUT2D eigenvalue weighted by Gasteiger charge is 2.33. The Balaban J connectivity index is 2.02. The number of aliphatic hydroxyl groups is 1. The van der Waals surface area contributed by atoms with E-state index in [0.29, 0.717) is 19.5 Å². The number of hydrogen-bond donors (Lipinski definition) is 2. The molecule has 4 nitrogen and oxygen atoms in total. The Kier molecular flexibility index (Phi) is 3.89. The van der Waals surface area contributed by atoms with E-state index in [1.807, 2.05) is 0 Å². The van der Waals surface area contributed by atoms with Crippen molar-refractivity contribution in [3.8, 4) is 0 Å². The SMILES string of the molecule is CN(C)C(=O)CCNCC1(O)CCC1. The smallest absolute Gasteiger partial charge is 0.223 e. The summed E-state index contributed by atoms with van der Waals surface area (Å²) in [7, 11) is 3.50. The van der Waals surface area contributed by atoms with Crippen LogP contribution in [0.2, 0.25) is 0 Å². The van der Waals surface area contributed by atoms with Gasteiger partial charge in [0, 0.05) is 33.6 Å². The molecule has 1 fully saturated rings. The topological polar surface area (TPSA) is 52.6 Å². The molecule has 0 saturated heterocycles. The van der Waals surface area contributed by atoms with E-state index in [9.17, 15) is 9.90 Å². The minimum atomic E-state index is -0.485. The molecule has 0 aromatic carbocycles. The lowest BCUT2D eigenvalue weighted by Crippen LogP contribution is -2.46. The van der Waals surface area contributed by atoms with Gasteiger partial charge in [-0.1, -0.05) is 0 Å². The van der Waals surface area contributed by atoms with Crippen LogP contribution in [0.4, 0.5) is 0 Å². The van der Waals surface area contributed by atoms with Crippen LogP contribution in [0.15, 0.2) is 0 Å². The van der Waals surface area contributed by atoms with Crippen LogP contribution >= 0.6 is 0 Å². The molecular weight excluding hydrogens is 180 g/mol. The highest BCUT2D eigenvalue weighted by molar-refractivity contribution is 5.75. The zero-order chi connectivity index (χ0) is 10.6. The molecule has 1 amide bonds. The molecule has 1 aliphatic carbocycles. The average molecular weight is 200 g/mol. The van der Waals surface area contributed by atoms with Crippen molar-refractivity contribution in [1.82, 2.24) is 10.2 Å². The average Bonchev–Trinajstić information content (AvgIpc) is 2.09. The summed E-state index contributed by atoms with van der Waals surface area (Å²) in [5.74, 6) is 0.123. The van der Waals surface area contributed by atoms with Crippen molar-refractivity contribution in [2.75, 3.05) is 27.2 Å². The summed E-state index contributed by atoms with van der Waals surface area (Å²) in [4.78, 5) is 12.8. The second-order valence-corrected chi connectivity index (χ2v) is 4.29. The van der Waals surface area contributed by atoms with Gasteiger partial charge in [-0.3, -0.25) is 4.79 Å². The van der Waals surface area contributed by atoms with Gasteiger partial charge < -0.3 is 15.3 Å². The number of nitrogens with zero attached hydrogens (tertiary/aromatic N) is 1. The maximum Gasteiger partial charge on any atom is 0.223 e. The van der Waals surface area contributed by atoms with Gasteiger partial charge in [0.15, 0.2) is 0 Å². The first-order chi connectivity index (χ1) is 6.53. The monoisotopic (exact) mass is 200 g/mol. The van der Waals surface area contributed by atoms with Crippen LogP contribution in [0.1, 0.15) is 25.7 Å². The molecule has 0 bridgehead atoms. The van der Waals surface area contributed by atoms with E-state index in [1.165, 1.54) is 0 Å². The number of rotatable bonds is 5. The first-order valence-electron chi connectivity index (χ1n) is 5.17. The third-order valence-corrected chi connectivity index (χ3v) is 2.75. The molecule has 14 heavy (non-hydrogen) atoms. The van der Waals surface area contributed by atoms with Gasteiger partial charge in [-0.15, -0.1) is 0 Å². The lowest BCUT2D eigenvalue weighted by atomic mass is 9.80. The van der Waals surface area contributed by atoms with Crippen molar-refractivity contribution in [2.24, 2.45) is 0 Å². The maximum atomic E-state index is 11.2. The Morgan fingerprint density at radius 1 is 1.50 bits per heavy atom. The quantitative estimate of drug-likeness (QED) is 0.613. The number of hydrogen-bond acceptors (Lipinski definition) is 3. The number of carbonyl (C=O) groups excluding carboxylic acids is 1. The van der Waals surface area contributed by atoms with E-state index in [1.54, 1.807) is 19.0 Å². The maximum absolute atomic E-state index is 11.2. The molecule has 0 unspecified atom stereocenters. The Bertz CT molecular complexity index is 200. The summed E-state index contributed by atoms with van der Waals surface area (Å²) in [6, 6.07) is 0. The Labute approximate surface area is 85.3 Å². The summed E-state index contributed by atoms with van der Waals surface area (Å²) in [5.41, 5.74) is -0.485. The molecule has 0 aliphatic heterocycles. The lowest BCUT2D eigenvalue weighted by Gasteiger charge is -2.36. The van der Waals surface area contributed by atoms with Crippen LogP contribution in [0.3, 0.4) is 0 Å². The van der Waals surface area contributed by atoms with E-state index in [2.05, 4.69) is 5.32 Å². The van der Waals surface area contributed by atoms with Gasteiger partial charge in [0.05, 0.1) is 5.60 Å². The summed E-state index contributed by atoms with van der Waals surface area (Å²) in [6.45, 7) is 1.27. The molecule has 0 heterocycles. The highest BCUT2D eigenvalue weighted by Crippen LogP contribution is 2.30. The predicted molar refractivity (Wildman–Crippen MR) is 55.0 cm³/mol. The van der Waals surface area contributed by atoms with Gasteiger partial charge in [0.2, 0.25) is 5.91 Å². The second-order valence-electron chi connectivity index (χ2n) is 4.29. The van der Waals surface area contributed by atoms with Crippen LogP contribution in [0, 0.1) is 0 Å². The number of amides is 1. The zero-order valence-electron chi connectivity index (χ0n) is 9.05. The molecule has 4 heteroatoms.